The molecule has 4 heteroatoms. The van der Waals surface area contributed by atoms with Crippen LogP contribution in [-0.2, 0) is 4.79 Å². The van der Waals surface area contributed by atoms with Gasteiger partial charge in [-0.15, -0.1) is 0 Å². The Balaban J connectivity index is 2.55. The predicted molar refractivity (Wildman–Crippen MR) is 52.8 cm³/mol. The molecule has 76 valence electrons. The van der Waals surface area contributed by atoms with E-state index in [0.29, 0.717) is 0 Å². The molecule has 0 aliphatic carbocycles. The SMILES string of the molecule is CNC(C)(C)C(=O)C1CNCCN1. The van der Waals surface area contributed by atoms with Crippen LogP contribution in [-0.4, -0.2) is 44.0 Å². The zero-order chi connectivity index (χ0) is 9.90. The van der Waals surface area contributed by atoms with Crippen molar-refractivity contribution in [2.75, 3.05) is 26.7 Å². The Hall–Kier alpha value is -0.450. The minimum Gasteiger partial charge on any atom is -0.313 e. The fourth-order valence-corrected chi connectivity index (χ4v) is 1.40. The van der Waals surface area contributed by atoms with Crippen LogP contribution in [0.2, 0.25) is 0 Å². The molecule has 1 unspecified atom stereocenters. The monoisotopic (exact) mass is 185 g/mol. The van der Waals surface area contributed by atoms with Gasteiger partial charge < -0.3 is 16.0 Å². The van der Waals surface area contributed by atoms with Crippen molar-refractivity contribution in [3.63, 3.8) is 0 Å². The fraction of sp³-hybridized carbons (Fsp3) is 0.889. The summed E-state index contributed by atoms with van der Waals surface area (Å²) in [6, 6.07) is -0.0452. The van der Waals surface area contributed by atoms with Gasteiger partial charge in [0.15, 0.2) is 5.78 Å². The fourth-order valence-electron chi connectivity index (χ4n) is 1.40. The van der Waals surface area contributed by atoms with Gasteiger partial charge in [-0.3, -0.25) is 4.79 Å². The van der Waals surface area contributed by atoms with E-state index in [4.69, 9.17) is 0 Å². The average molecular weight is 185 g/mol. The van der Waals surface area contributed by atoms with E-state index in [1.54, 1.807) is 0 Å². The van der Waals surface area contributed by atoms with Gasteiger partial charge in [0.2, 0.25) is 0 Å². The molecule has 0 bridgehead atoms. The topological polar surface area (TPSA) is 53.2 Å². The van der Waals surface area contributed by atoms with E-state index in [2.05, 4.69) is 16.0 Å². The molecular weight excluding hydrogens is 166 g/mol. The number of piperazine rings is 1. The van der Waals surface area contributed by atoms with Crippen LogP contribution in [0.4, 0.5) is 0 Å². The first-order chi connectivity index (χ1) is 6.08. The summed E-state index contributed by atoms with van der Waals surface area (Å²) < 4.78 is 0. The van der Waals surface area contributed by atoms with E-state index in [1.807, 2.05) is 20.9 Å². The minimum absolute atomic E-state index is 0.0452. The Labute approximate surface area is 79.5 Å². The number of ketones is 1. The first kappa shape index (κ1) is 10.6. The first-order valence-electron chi connectivity index (χ1n) is 4.75. The van der Waals surface area contributed by atoms with Crippen LogP contribution in [0.25, 0.3) is 0 Å². The van der Waals surface area contributed by atoms with Crippen molar-refractivity contribution in [2.24, 2.45) is 0 Å². The predicted octanol–water partition coefficient (Wildman–Crippen LogP) is -0.885. The Morgan fingerprint density at radius 1 is 1.46 bits per heavy atom. The molecule has 0 aromatic heterocycles. The highest BCUT2D eigenvalue weighted by atomic mass is 16.1. The minimum atomic E-state index is -0.434. The molecule has 1 saturated heterocycles. The van der Waals surface area contributed by atoms with Crippen molar-refractivity contribution >= 4 is 5.78 Å². The van der Waals surface area contributed by atoms with Crippen LogP contribution in [0, 0.1) is 0 Å². The Bertz CT molecular complexity index is 185. The lowest BCUT2D eigenvalue weighted by Gasteiger charge is -2.31. The van der Waals surface area contributed by atoms with Gasteiger partial charge in [0, 0.05) is 19.6 Å². The molecule has 3 N–H and O–H groups in total. The van der Waals surface area contributed by atoms with Crippen LogP contribution in [0.3, 0.4) is 0 Å². The molecule has 0 aromatic carbocycles. The summed E-state index contributed by atoms with van der Waals surface area (Å²) >= 11 is 0. The van der Waals surface area contributed by atoms with Gasteiger partial charge in [0.25, 0.3) is 0 Å². The van der Waals surface area contributed by atoms with Crippen LogP contribution >= 0.6 is 0 Å². The van der Waals surface area contributed by atoms with E-state index in [0.717, 1.165) is 19.6 Å². The second-order valence-corrected chi connectivity index (χ2v) is 3.95. The molecule has 0 aromatic rings. The molecule has 1 atom stereocenters. The van der Waals surface area contributed by atoms with Crippen molar-refractivity contribution in [3.8, 4) is 0 Å². The number of hydrogen-bond donors (Lipinski definition) is 3. The van der Waals surface area contributed by atoms with E-state index in [-0.39, 0.29) is 11.8 Å². The number of hydrogen-bond acceptors (Lipinski definition) is 4. The molecule has 1 heterocycles. The molecule has 4 nitrogen and oxygen atoms in total. The third kappa shape index (κ3) is 2.49. The molecule has 1 aliphatic rings. The molecule has 0 amide bonds. The maximum Gasteiger partial charge on any atom is 0.170 e. The van der Waals surface area contributed by atoms with Gasteiger partial charge in [0.1, 0.15) is 0 Å². The van der Waals surface area contributed by atoms with Crippen molar-refractivity contribution < 1.29 is 4.79 Å². The quantitative estimate of drug-likeness (QED) is 0.534. The van der Waals surface area contributed by atoms with Crippen molar-refractivity contribution in [3.05, 3.63) is 0 Å². The van der Waals surface area contributed by atoms with Crippen LogP contribution in [0.15, 0.2) is 0 Å². The van der Waals surface area contributed by atoms with Crippen molar-refractivity contribution in [2.45, 2.75) is 25.4 Å². The highest BCUT2D eigenvalue weighted by Crippen LogP contribution is 2.06. The highest BCUT2D eigenvalue weighted by Gasteiger charge is 2.32. The number of rotatable bonds is 3. The number of likely N-dealkylation sites (N-methyl/N-ethyl adjacent to an activating group) is 1. The summed E-state index contributed by atoms with van der Waals surface area (Å²) in [6.45, 7) is 6.38. The molecule has 0 saturated carbocycles. The molecular formula is C9H19N3O. The largest absolute Gasteiger partial charge is 0.313 e. The molecule has 13 heavy (non-hydrogen) atoms. The third-order valence-corrected chi connectivity index (χ3v) is 2.60. The lowest BCUT2D eigenvalue weighted by atomic mass is 9.93. The molecule has 1 fully saturated rings. The van der Waals surface area contributed by atoms with E-state index in [9.17, 15) is 4.79 Å². The molecule has 0 spiro atoms. The number of carbonyl (C=O) groups is 1. The Morgan fingerprint density at radius 2 is 2.15 bits per heavy atom. The number of Topliss-reactive ketones (excluding diaryl/α,β-unsaturated/α-hetero) is 1. The summed E-state index contributed by atoms with van der Waals surface area (Å²) in [5.41, 5.74) is -0.434. The van der Waals surface area contributed by atoms with E-state index >= 15 is 0 Å². The van der Waals surface area contributed by atoms with Crippen molar-refractivity contribution in [1.82, 2.24) is 16.0 Å². The highest BCUT2D eigenvalue weighted by molar-refractivity contribution is 5.92. The Morgan fingerprint density at radius 3 is 2.62 bits per heavy atom. The maximum atomic E-state index is 11.9. The second kappa shape index (κ2) is 4.17. The summed E-state index contributed by atoms with van der Waals surface area (Å²) in [5.74, 6) is 0.224. The average Bonchev–Trinajstić information content (AvgIpc) is 2.18. The normalized spacial score (nSPS) is 24.4. The lowest BCUT2D eigenvalue weighted by molar-refractivity contribution is -0.126. The van der Waals surface area contributed by atoms with Crippen molar-refractivity contribution in [1.29, 1.82) is 0 Å². The van der Waals surface area contributed by atoms with Gasteiger partial charge >= 0.3 is 0 Å². The second-order valence-electron chi connectivity index (χ2n) is 3.95. The van der Waals surface area contributed by atoms with Crippen LogP contribution < -0.4 is 16.0 Å². The van der Waals surface area contributed by atoms with Gasteiger partial charge in [-0.1, -0.05) is 0 Å². The van der Waals surface area contributed by atoms with Crippen LogP contribution in [0.1, 0.15) is 13.8 Å². The third-order valence-electron chi connectivity index (χ3n) is 2.60. The van der Waals surface area contributed by atoms with Gasteiger partial charge in [0.05, 0.1) is 11.6 Å². The summed E-state index contributed by atoms with van der Waals surface area (Å²) in [6.07, 6.45) is 0. The summed E-state index contributed by atoms with van der Waals surface area (Å²) in [4.78, 5) is 11.9. The smallest absolute Gasteiger partial charge is 0.170 e. The van der Waals surface area contributed by atoms with Gasteiger partial charge in [-0.25, -0.2) is 0 Å². The molecule has 1 aliphatic heterocycles. The standard InChI is InChI=1S/C9H19N3O/c1-9(2,10-3)8(13)7-6-11-4-5-12-7/h7,10-12H,4-6H2,1-3H3. The van der Waals surface area contributed by atoms with Gasteiger partial charge in [-0.05, 0) is 20.9 Å². The van der Waals surface area contributed by atoms with E-state index < -0.39 is 5.54 Å². The zero-order valence-electron chi connectivity index (χ0n) is 8.61. The first-order valence-corrected chi connectivity index (χ1v) is 4.75. The molecule has 1 rings (SSSR count). The summed E-state index contributed by atoms with van der Waals surface area (Å²) in [7, 11) is 1.81. The van der Waals surface area contributed by atoms with E-state index in [1.165, 1.54) is 0 Å². The molecule has 0 radical (unpaired) electrons. The van der Waals surface area contributed by atoms with Crippen LogP contribution in [0.5, 0.6) is 0 Å². The lowest BCUT2D eigenvalue weighted by Crippen LogP contribution is -2.60. The summed E-state index contributed by atoms with van der Waals surface area (Å²) in [5, 5.41) is 9.43. The Kier molecular flexibility index (Phi) is 3.41. The maximum absolute atomic E-state index is 11.9. The number of carbonyl (C=O) groups excluding carboxylic acids is 1. The number of nitrogens with one attached hydrogen (secondary N) is 3. The van der Waals surface area contributed by atoms with Gasteiger partial charge in [-0.2, -0.15) is 0 Å². The zero-order valence-corrected chi connectivity index (χ0v) is 8.61.